The van der Waals surface area contributed by atoms with Crippen LogP contribution >= 0.6 is 0 Å². The van der Waals surface area contributed by atoms with Crippen molar-refractivity contribution in [2.75, 3.05) is 5.43 Å². The van der Waals surface area contributed by atoms with Crippen LogP contribution in [0.15, 0.2) is 47.6 Å². The second-order valence-corrected chi connectivity index (χ2v) is 5.46. The number of phenols is 1. The number of hydrogen-bond donors (Lipinski definition) is 2. The van der Waals surface area contributed by atoms with Gasteiger partial charge < -0.3 is 9.67 Å². The quantitative estimate of drug-likeness (QED) is 0.714. The van der Waals surface area contributed by atoms with Crippen molar-refractivity contribution in [3.63, 3.8) is 0 Å². The first-order valence-electron chi connectivity index (χ1n) is 7.29. The number of rotatable bonds is 2. The summed E-state index contributed by atoms with van der Waals surface area (Å²) in [5, 5.41) is 14.4. The van der Waals surface area contributed by atoms with Gasteiger partial charge in [-0.25, -0.2) is 10.4 Å². The van der Waals surface area contributed by atoms with Crippen molar-refractivity contribution < 1.29 is 5.11 Å². The van der Waals surface area contributed by atoms with Crippen LogP contribution in [0.5, 0.6) is 5.75 Å². The van der Waals surface area contributed by atoms with Gasteiger partial charge in [-0.05, 0) is 31.0 Å². The van der Waals surface area contributed by atoms with Crippen molar-refractivity contribution in [1.82, 2.24) is 9.55 Å². The molecule has 3 aromatic rings. The molecule has 2 aromatic carbocycles. The van der Waals surface area contributed by atoms with Gasteiger partial charge in [0.2, 0.25) is 5.95 Å². The lowest BCUT2D eigenvalue weighted by atomic mass is 10.1. The van der Waals surface area contributed by atoms with Gasteiger partial charge in [-0.15, -0.1) is 0 Å². The molecule has 0 saturated carbocycles. The van der Waals surface area contributed by atoms with Crippen LogP contribution in [0.4, 0.5) is 5.95 Å². The predicted octanol–water partition coefficient (Wildman–Crippen LogP) is 3.04. The SMILES string of the molecule is Cn1c(NN=C2CCc3c(O)cccc32)nc2ccccc21. The van der Waals surface area contributed by atoms with Crippen molar-refractivity contribution in [3.8, 4) is 5.75 Å². The van der Waals surface area contributed by atoms with E-state index in [1.54, 1.807) is 6.07 Å². The summed E-state index contributed by atoms with van der Waals surface area (Å²) in [6.45, 7) is 0. The second-order valence-electron chi connectivity index (χ2n) is 5.46. The van der Waals surface area contributed by atoms with Gasteiger partial charge in [0.25, 0.3) is 0 Å². The van der Waals surface area contributed by atoms with Crippen LogP contribution in [0.25, 0.3) is 11.0 Å². The molecule has 0 saturated heterocycles. The maximum Gasteiger partial charge on any atom is 0.224 e. The molecule has 0 spiro atoms. The molecule has 5 nitrogen and oxygen atoms in total. The predicted molar refractivity (Wildman–Crippen MR) is 87.3 cm³/mol. The molecule has 0 radical (unpaired) electrons. The van der Waals surface area contributed by atoms with Gasteiger partial charge >= 0.3 is 0 Å². The van der Waals surface area contributed by atoms with Gasteiger partial charge in [-0.1, -0.05) is 24.3 Å². The van der Waals surface area contributed by atoms with Crippen molar-refractivity contribution >= 4 is 22.7 Å². The first kappa shape index (κ1) is 12.9. The van der Waals surface area contributed by atoms with Crippen molar-refractivity contribution in [3.05, 3.63) is 53.6 Å². The minimum atomic E-state index is 0.352. The van der Waals surface area contributed by atoms with Gasteiger partial charge in [0.05, 0.1) is 16.7 Å². The van der Waals surface area contributed by atoms with Gasteiger partial charge in [0, 0.05) is 18.2 Å². The third kappa shape index (κ3) is 1.94. The number of hydrazone groups is 1. The molecule has 1 heterocycles. The second kappa shape index (κ2) is 4.87. The smallest absolute Gasteiger partial charge is 0.224 e. The number of aromatic nitrogens is 2. The van der Waals surface area contributed by atoms with E-state index in [1.165, 1.54) is 0 Å². The molecule has 0 aliphatic heterocycles. The summed E-state index contributed by atoms with van der Waals surface area (Å²) in [6, 6.07) is 13.6. The third-order valence-electron chi connectivity index (χ3n) is 4.15. The lowest BCUT2D eigenvalue weighted by Gasteiger charge is -2.04. The highest BCUT2D eigenvalue weighted by Crippen LogP contribution is 2.30. The highest BCUT2D eigenvalue weighted by atomic mass is 16.3. The number of para-hydroxylation sites is 2. The number of nitrogens with zero attached hydrogens (tertiary/aromatic N) is 3. The number of aryl methyl sites for hydroxylation is 1. The summed E-state index contributed by atoms with van der Waals surface area (Å²) in [7, 11) is 1.96. The number of phenolic OH excluding ortho intramolecular Hbond substituents is 1. The maximum atomic E-state index is 9.88. The van der Waals surface area contributed by atoms with E-state index in [2.05, 4.69) is 15.5 Å². The van der Waals surface area contributed by atoms with Crippen LogP contribution in [0.1, 0.15) is 17.5 Å². The summed E-state index contributed by atoms with van der Waals surface area (Å²) >= 11 is 0. The Kier molecular flexibility index (Phi) is 2.85. The highest BCUT2D eigenvalue weighted by molar-refractivity contribution is 6.05. The van der Waals surface area contributed by atoms with Gasteiger partial charge in [0.15, 0.2) is 0 Å². The standard InChI is InChI=1S/C17H16N4O/c1-21-15-7-3-2-6-14(15)18-17(21)20-19-13-10-9-12-11(13)5-4-8-16(12)22/h2-8,22H,9-10H2,1H3,(H,18,20). The largest absolute Gasteiger partial charge is 0.508 e. The number of benzene rings is 2. The molecule has 110 valence electrons. The van der Waals surface area contributed by atoms with Crippen molar-refractivity contribution in [1.29, 1.82) is 0 Å². The molecular weight excluding hydrogens is 276 g/mol. The topological polar surface area (TPSA) is 62.4 Å². The average molecular weight is 292 g/mol. The number of imidazole rings is 1. The van der Waals surface area contributed by atoms with E-state index in [1.807, 2.05) is 48.0 Å². The minimum absolute atomic E-state index is 0.352. The van der Waals surface area contributed by atoms with Gasteiger partial charge in [-0.2, -0.15) is 5.10 Å². The van der Waals surface area contributed by atoms with E-state index in [9.17, 15) is 5.11 Å². The zero-order valence-electron chi connectivity index (χ0n) is 12.2. The van der Waals surface area contributed by atoms with Crippen molar-refractivity contribution in [2.45, 2.75) is 12.8 Å². The Bertz CT molecular complexity index is 895. The Morgan fingerprint density at radius 2 is 2.00 bits per heavy atom. The van der Waals surface area contributed by atoms with E-state index in [0.29, 0.717) is 11.7 Å². The summed E-state index contributed by atoms with van der Waals surface area (Å²) in [5.41, 5.74) is 8.02. The molecule has 1 aromatic heterocycles. The maximum absolute atomic E-state index is 9.88. The van der Waals surface area contributed by atoms with E-state index in [4.69, 9.17) is 0 Å². The van der Waals surface area contributed by atoms with Crippen LogP contribution in [-0.2, 0) is 13.5 Å². The average Bonchev–Trinajstić information content (AvgIpc) is 3.08. The Morgan fingerprint density at radius 3 is 2.86 bits per heavy atom. The van der Waals surface area contributed by atoms with Crippen LogP contribution in [0.2, 0.25) is 0 Å². The Morgan fingerprint density at radius 1 is 1.14 bits per heavy atom. The first-order valence-corrected chi connectivity index (χ1v) is 7.29. The molecule has 0 amide bonds. The lowest BCUT2D eigenvalue weighted by Crippen LogP contribution is -2.03. The van der Waals surface area contributed by atoms with Gasteiger partial charge in [0.1, 0.15) is 5.75 Å². The molecule has 22 heavy (non-hydrogen) atoms. The van der Waals surface area contributed by atoms with Gasteiger partial charge in [-0.3, -0.25) is 0 Å². The molecule has 0 atom stereocenters. The van der Waals surface area contributed by atoms with E-state index < -0.39 is 0 Å². The number of anilines is 1. The highest BCUT2D eigenvalue weighted by Gasteiger charge is 2.20. The fourth-order valence-electron chi connectivity index (χ4n) is 2.96. The monoisotopic (exact) mass is 292 g/mol. The zero-order chi connectivity index (χ0) is 15.1. The zero-order valence-corrected chi connectivity index (χ0v) is 12.2. The Hall–Kier alpha value is -2.82. The number of aromatic hydroxyl groups is 1. The molecule has 0 bridgehead atoms. The van der Waals surface area contributed by atoms with Crippen LogP contribution in [-0.4, -0.2) is 20.4 Å². The molecular formula is C17H16N4O. The lowest BCUT2D eigenvalue weighted by molar-refractivity contribution is 0.469. The Balaban J connectivity index is 1.68. The Labute approximate surface area is 127 Å². The summed E-state index contributed by atoms with van der Waals surface area (Å²) in [6.07, 6.45) is 1.65. The fraction of sp³-hybridized carbons (Fsp3) is 0.176. The van der Waals surface area contributed by atoms with E-state index in [0.717, 1.165) is 40.7 Å². The molecule has 2 N–H and O–H groups in total. The molecule has 1 aliphatic carbocycles. The minimum Gasteiger partial charge on any atom is -0.508 e. The molecule has 1 aliphatic rings. The molecule has 5 heteroatoms. The fourth-order valence-corrected chi connectivity index (χ4v) is 2.96. The number of hydrogen-bond acceptors (Lipinski definition) is 4. The molecule has 0 unspecified atom stereocenters. The number of fused-ring (bicyclic) bond motifs is 2. The van der Waals surface area contributed by atoms with Crippen LogP contribution in [0, 0.1) is 0 Å². The summed E-state index contributed by atoms with van der Waals surface area (Å²) in [5.74, 6) is 1.06. The summed E-state index contributed by atoms with van der Waals surface area (Å²) in [4.78, 5) is 4.54. The summed E-state index contributed by atoms with van der Waals surface area (Å²) < 4.78 is 1.98. The third-order valence-corrected chi connectivity index (χ3v) is 4.15. The van der Waals surface area contributed by atoms with E-state index >= 15 is 0 Å². The van der Waals surface area contributed by atoms with Crippen LogP contribution in [0.3, 0.4) is 0 Å². The normalized spacial score (nSPS) is 15.4. The van der Waals surface area contributed by atoms with Crippen molar-refractivity contribution in [2.24, 2.45) is 12.1 Å². The number of nitrogens with one attached hydrogen (secondary N) is 1. The van der Waals surface area contributed by atoms with Crippen LogP contribution < -0.4 is 5.43 Å². The molecule has 4 rings (SSSR count). The molecule has 0 fully saturated rings. The van der Waals surface area contributed by atoms with E-state index in [-0.39, 0.29) is 0 Å². The first-order chi connectivity index (χ1) is 10.7.